The van der Waals surface area contributed by atoms with Gasteiger partial charge in [0.2, 0.25) is 0 Å². The van der Waals surface area contributed by atoms with E-state index in [1.54, 1.807) is 18.2 Å². The summed E-state index contributed by atoms with van der Waals surface area (Å²) in [4.78, 5) is 22.0. The number of benzene rings is 1. The molecule has 0 radical (unpaired) electrons. The largest absolute Gasteiger partial charge is 0.493 e. The van der Waals surface area contributed by atoms with Crippen molar-refractivity contribution in [2.45, 2.75) is 26.9 Å². The molecule has 0 fully saturated rings. The molecule has 0 aliphatic heterocycles. The number of carbonyl (C=O) groups is 2. The van der Waals surface area contributed by atoms with Crippen molar-refractivity contribution >= 4 is 11.8 Å². The molecule has 5 heteroatoms. The highest BCUT2D eigenvalue weighted by Gasteiger charge is 2.10. The fraction of sp³-hybridized carbons (Fsp3) is 0.357. The van der Waals surface area contributed by atoms with Gasteiger partial charge in [-0.25, -0.2) is 0 Å². The van der Waals surface area contributed by atoms with Gasteiger partial charge in [0.15, 0.2) is 0 Å². The molecule has 0 bridgehead atoms. The molecule has 0 amide bonds. The maximum atomic E-state index is 11.3. The number of hydrogen-bond donors (Lipinski definition) is 0. The van der Waals surface area contributed by atoms with Crippen LogP contribution in [0.3, 0.4) is 0 Å². The second kappa shape index (κ2) is 7.17. The number of nitrogens with zero attached hydrogens (tertiary/aromatic N) is 1. The fourth-order valence-corrected chi connectivity index (χ4v) is 1.45. The van der Waals surface area contributed by atoms with E-state index in [1.807, 2.05) is 13.0 Å². The molecule has 0 aliphatic carbocycles. The van der Waals surface area contributed by atoms with Crippen LogP contribution in [0, 0.1) is 11.3 Å². The number of carbonyl (C=O) groups excluding carboxylic acids is 2. The first-order valence-electron chi connectivity index (χ1n) is 5.87. The summed E-state index contributed by atoms with van der Waals surface area (Å²) < 4.78 is 10.4. The number of rotatable bonds is 6. The van der Waals surface area contributed by atoms with Crippen LogP contribution in [-0.2, 0) is 20.9 Å². The van der Waals surface area contributed by atoms with Crippen LogP contribution in [0.15, 0.2) is 18.2 Å². The predicted octanol–water partition coefficient (Wildman–Crippen LogP) is 1.98. The summed E-state index contributed by atoms with van der Waals surface area (Å²) in [5.41, 5.74) is 1.14. The van der Waals surface area contributed by atoms with E-state index in [-0.39, 0.29) is 18.8 Å². The molecule has 0 saturated heterocycles. The smallest absolute Gasteiger partial charge is 0.313 e. The Morgan fingerprint density at radius 2 is 2.11 bits per heavy atom. The van der Waals surface area contributed by atoms with Crippen LogP contribution < -0.4 is 4.74 Å². The van der Waals surface area contributed by atoms with Crippen molar-refractivity contribution in [3.8, 4) is 11.8 Å². The lowest BCUT2D eigenvalue weighted by atomic mass is 10.1. The quantitative estimate of drug-likeness (QED) is 0.578. The van der Waals surface area contributed by atoms with Crippen LogP contribution in [0.25, 0.3) is 0 Å². The third kappa shape index (κ3) is 4.80. The van der Waals surface area contributed by atoms with Crippen molar-refractivity contribution < 1.29 is 19.1 Å². The van der Waals surface area contributed by atoms with Crippen molar-refractivity contribution in [3.05, 3.63) is 29.3 Å². The van der Waals surface area contributed by atoms with E-state index in [4.69, 9.17) is 14.7 Å². The Morgan fingerprint density at radius 1 is 1.37 bits per heavy atom. The van der Waals surface area contributed by atoms with Crippen LogP contribution >= 0.6 is 0 Å². The average molecular weight is 261 g/mol. The number of hydrogen-bond acceptors (Lipinski definition) is 5. The molecule has 100 valence electrons. The Hall–Kier alpha value is -2.35. The minimum atomic E-state index is -0.570. The van der Waals surface area contributed by atoms with Gasteiger partial charge in [-0.2, -0.15) is 5.26 Å². The normalized spacial score (nSPS) is 9.53. The first-order chi connectivity index (χ1) is 9.06. The van der Waals surface area contributed by atoms with Crippen molar-refractivity contribution in [1.29, 1.82) is 5.26 Å². The second-order valence-corrected chi connectivity index (χ2v) is 3.91. The monoisotopic (exact) mass is 261 g/mol. The molecule has 1 aromatic carbocycles. The fourth-order valence-electron chi connectivity index (χ4n) is 1.45. The van der Waals surface area contributed by atoms with Gasteiger partial charge in [0.05, 0.1) is 18.2 Å². The number of ketones is 1. The average Bonchev–Trinajstić information content (AvgIpc) is 2.36. The standard InChI is InChI=1S/C14H15NO4/c1-3-18-13-7-11(8-15)4-5-12(13)9-19-14(17)6-10(2)16/h4-5,7H,3,6,9H2,1-2H3. The molecule has 0 aliphatic rings. The highest BCUT2D eigenvalue weighted by molar-refractivity contribution is 5.94. The minimum Gasteiger partial charge on any atom is -0.493 e. The van der Waals surface area contributed by atoms with Gasteiger partial charge in [0, 0.05) is 5.56 Å². The lowest BCUT2D eigenvalue weighted by Gasteiger charge is -2.10. The van der Waals surface area contributed by atoms with E-state index >= 15 is 0 Å². The number of ether oxygens (including phenoxy) is 2. The topological polar surface area (TPSA) is 76.4 Å². The molecular formula is C14H15NO4. The van der Waals surface area contributed by atoms with E-state index in [0.29, 0.717) is 23.5 Å². The maximum Gasteiger partial charge on any atom is 0.313 e. The summed E-state index contributed by atoms with van der Waals surface area (Å²) in [6.07, 6.45) is -0.236. The number of nitriles is 1. The maximum absolute atomic E-state index is 11.3. The minimum absolute atomic E-state index is 0.0210. The Bertz CT molecular complexity index is 517. The zero-order valence-electron chi connectivity index (χ0n) is 10.9. The highest BCUT2D eigenvalue weighted by Crippen LogP contribution is 2.21. The summed E-state index contributed by atoms with van der Waals surface area (Å²) in [5.74, 6) is -0.300. The molecule has 5 nitrogen and oxygen atoms in total. The number of Topliss-reactive ketones (excluding diaryl/α,β-unsaturated/α-hetero) is 1. The lowest BCUT2D eigenvalue weighted by molar-refractivity contribution is -0.146. The molecule has 0 N–H and O–H groups in total. The van der Waals surface area contributed by atoms with Gasteiger partial charge in [-0.3, -0.25) is 9.59 Å². The molecule has 0 heterocycles. The summed E-state index contributed by atoms with van der Waals surface area (Å²) in [7, 11) is 0. The van der Waals surface area contributed by atoms with Gasteiger partial charge in [-0.05, 0) is 26.0 Å². The molecular weight excluding hydrogens is 246 g/mol. The van der Waals surface area contributed by atoms with Crippen molar-refractivity contribution in [1.82, 2.24) is 0 Å². The van der Waals surface area contributed by atoms with Crippen LogP contribution in [0.1, 0.15) is 31.4 Å². The predicted molar refractivity (Wildman–Crippen MR) is 67.4 cm³/mol. The van der Waals surface area contributed by atoms with Crippen LogP contribution in [0.2, 0.25) is 0 Å². The molecule has 0 unspecified atom stereocenters. The Kier molecular flexibility index (Phi) is 5.55. The van der Waals surface area contributed by atoms with Crippen LogP contribution in [0.5, 0.6) is 5.75 Å². The first kappa shape index (κ1) is 14.7. The third-order valence-corrected chi connectivity index (χ3v) is 2.28. The van der Waals surface area contributed by atoms with E-state index in [0.717, 1.165) is 0 Å². The Morgan fingerprint density at radius 3 is 2.68 bits per heavy atom. The summed E-state index contributed by atoms with van der Waals surface area (Å²) in [6, 6.07) is 6.90. The SMILES string of the molecule is CCOc1cc(C#N)ccc1COC(=O)CC(C)=O. The molecule has 0 atom stereocenters. The zero-order chi connectivity index (χ0) is 14.3. The third-order valence-electron chi connectivity index (χ3n) is 2.28. The number of esters is 1. The summed E-state index contributed by atoms with van der Waals surface area (Å²) in [5, 5.41) is 8.81. The summed E-state index contributed by atoms with van der Waals surface area (Å²) in [6.45, 7) is 3.62. The zero-order valence-corrected chi connectivity index (χ0v) is 10.9. The molecule has 0 saturated carbocycles. The van der Waals surface area contributed by atoms with Gasteiger partial charge in [0.25, 0.3) is 0 Å². The van der Waals surface area contributed by atoms with E-state index in [2.05, 4.69) is 0 Å². The molecule has 1 rings (SSSR count). The van der Waals surface area contributed by atoms with E-state index < -0.39 is 5.97 Å². The van der Waals surface area contributed by atoms with Crippen LogP contribution in [0.4, 0.5) is 0 Å². The molecule has 0 spiro atoms. The van der Waals surface area contributed by atoms with Crippen molar-refractivity contribution in [3.63, 3.8) is 0 Å². The lowest BCUT2D eigenvalue weighted by Crippen LogP contribution is -2.09. The summed E-state index contributed by atoms with van der Waals surface area (Å²) >= 11 is 0. The van der Waals surface area contributed by atoms with Gasteiger partial charge in [-0.15, -0.1) is 0 Å². The first-order valence-corrected chi connectivity index (χ1v) is 5.87. The van der Waals surface area contributed by atoms with E-state index in [1.165, 1.54) is 6.92 Å². The van der Waals surface area contributed by atoms with Crippen molar-refractivity contribution in [2.75, 3.05) is 6.61 Å². The highest BCUT2D eigenvalue weighted by atomic mass is 16.5. The van der Waals surface area contributed by atoms with Gasteiger partial charge in [-0.1, -0.05) is 6.07 Å². The Labute approximate surface area is 111 Å². The Balaban J connectivity index is 2.74. The molecule has 0 aromatic heterocycles. The molecule has 19 heavy (non-hydrogen) atoms. The van der Waals surface area contributed by atoms with Gasteiger partial charge in [0.1, 0.15) is 24.6 Å². The van der Waals surface area contributed by atoms with Crippen molar-refractivity contribution in [2.24, 2.45) is 0 Å². The van der Waals surface area contributed by atoms with Gasteiger partial charge < -0.3 is 9.47 Å². The molecule has 1 aromatic rings. The van der Waals surface area contributed by atoms with Crippen LogP contribution in [-0.4, -0.2) is 18.4 Å². The second-order valence-electron chi connectivity index (χ2n) is 3.91. The van der Waals surface area contributed by atoms with Gasteiger partial charge >= 0.3 is 5.97 Å². The van der Waals surface area contributed by atoms with E-state index in [9.17, 15) is 9.59 Å².